The summed E-state index contributed by atoms with van der Waals surface area (Å²) in [5, 5.41) is 33.1. The Hall–Kier alpha value is -0.380. The summed E-state index contributed by atoms with van der Waals surface area (Å²) in [5.74, 6) is 2.57. The van der Waals surface area contributed by atoms with Crippen molar-refractivity contribution < 1.29 is 15.3 Å². The number of hydrogen-bond acceptors (Lipinski definition) is 3. The van der Waals surface area contributed by atoms with Crippen molar-refractivity contribution in [1.82, 2.24) is 0 Å². The number of aliphatic hydroxyl groups is 3. The molecule has 0 aliphatic heterocycles. The molecule has 0 bridgehead atoms. The van der Waals surface area contributed by atoms with Crippen molar-refractivity contribution in [1.29, 1.82) is 0 Å². The quantitative estimate of drug-likeness (QED) is 0.447. The smallest absolute Gasteiger partial charge is 0.0624 e. The zero-order chi connectivity index (χ0) is 24.2. The molecule has 0 radical (unpaired) electrons. The molecule has 3 nitrogen and oxygen atoms in total. The van der Waals surface area contributed by atoms with Gasteiger partial charge in [0.1, 0.15) is 0 Å². The predicted octanol–water partition coefficient (Wildman–Crippen LogP) is 5.97. The molecule has 0 unspecified atom stereocenters. The Morgan fingerprint density at radius 2 is 1.52 bits per heavy atom. The minimum atomic E-state index is -0.426. The molecule has 33 heavy (non-hydrogen) atoms. The summed E-state index contributed by atoms with van der Waals surface area (Å²) < 4.78 is 0. The van der Waals surface area contributed by atoms with Crippen LogP contribution in [0.4, 0.5) is 0 Å². The topological polar surface area (TPSA) is 60.7 Å². The van der Waals surface area contributed by atoms with E-state index < -0.39 is 12.2 Å². The van der Waals surface area contributed by atoms with Crippen LogP contribution in [-0.2, 0) is 0 Å². The fourth-order valence-electron chi connectivity index (χ4n) is 11.5. The van der Waals surface area contributed by atoms with Gasteiger partial charge < -0.3 is 15.3 Å². The van der Waals surface area contributed by atoms with Crippen molar-refractivity contribution in [3.63, 3.8) is 0 Å². The van der Waals surface area contributed by atoms with Crippen molar-refractivity contribution in [2.75, 3.05) is 6.61 Å². The van der Waals surface area contributed by atoms with Crippen LogP contribution in [0.15, 0.2) is 12.2 Å². The van der Waals surface area contributed by atoms with Crippen LogP contribution in [0.5, 0.6) is 0 Å². The minimum Gasteiger partial charge on any atom is -0.396 e. The minimum absolute atomic E-state index is 0.0918. The molecule has 3 heteroatoms. The third-order valence-electron chi connectivity index (χ3n) is 13.7. The molecule has 188 valence electrons. The summed E-state index contributed by atoms with van der Waals surface area (Å²) in [7, 11) is 0. The normalized spacial score (nSPS) is 57.4. The van der Waals surface area contributed by atoms with E-state index in [2.05, 4.69) is 48.1 Å². The largest absolute Gasteiger partial charge is 0.396 e. The van der Waals surface area contributed by atoms with Crippen LogP contribution in [0.1, 0.15) is 99.3 Å². The van der Waals surface area contributed by atoms with E-state index in [1.165, 1.54) is 37.7 Å². The molecule has 5 aliphatic carbocycles. The number of rotatable bonds is 2. The average Bonchev–Trinajstić information content (AvgIpc) is 3.14. The van der Waals surface area contributed by atoms with Gasteiger partial charge in [0.15, 0.2) is 0 Å². The van der Waals surface area contributed by atoms with Gasteiger partial charge in [0.05, 0.1) is 12.2 Å². The van der Waals surface area contributed by atoms with Gasteiger partial charge in [0.2, 0.25) is 0 Å². The summed E-state index contributed by atoms with van der Waals surface area (Å²) in [6.07, 6.45) is 9.05. The molecule has 5 fully saturated rings. The van der Waals surface area contributed by atoms with E-state index in [4.69, 9.17) is 0 Å². The van der Waals surface area contributed by atoms with Crippen molar-refractivity contribution in [2.24, 2.45) is 56.7 Å². The molecule has 11 atom stereocenters. The lowest BCUT2D eigenvalue weighted by atomic mass is 9.32. The van der Waals surface area contributed by atoms with Crippen LogP contribution < -0.4 is 0 Å². The lowest BCUT2D eigenvalue weighted by Crippen LogP contribution is -2.69. The highest BCUT2D eigenvalue weighted by Gasteiger charge is 2.72. The highest BCUT2D eigenvalue weighted by atomic mass is 16.3. The van der Waals surface area contributed by atoms with Gasteiger partial charge in [-0.05, 0) is 110 Å². The lowest BCUT2D eigenvalue weighted by molar-refractivity contribution is -0.275. The molecule has 5 rings (SSSR count). The number of fused-ring (bicyclic) bond motifs is 7. The predicted molar refractivity (Wildman–Crippen MR) is 133 cm³/mol. The summed E-state index contributed by atoms with van der Waals surface area (Å²) in [5.41, 5.74) is 1.53. The van der Waals surface area contributed by atoms with Gasteiger partial charge in [0, 0.05) is 18.4 Å². The van der Waals surface area contributed by atoms with Crippen molar-refractivity contribution >= 4 is 0 Å². The Morgan fingerprint density at radius 1 is 0.818 bits per heavy atom. The number of allylic oxidation sites excluding steroid dienone is 1. The SMILES string of the molecule is C=C(C)[C@@H]1CC[C@]2(CO)CC[C@]3(C)[C@H](CC[C@@H]4[C@@]5(C)[C@H](O)C[C@@H](O)C(C)(C)[C@@H]5CC[C@]43C)[C@@H]12. The molecular formula is C30H50O3. The molecule has 5 saturated carbocycles. The van der Waals surface area contributed by atoms with Gasteiger partial charge in [-0.3, -0.25) is 0 Å². The second-order valence-corrected chi connectivity index (χ2v) is 14.7. The molecule has 0 aromatic carbocycles. The van der Waals surface area contributed by atoms with E-state index >= 15 is 0 Å². The van der Waals surface area contributed by atoms with Crippen molar-refractivity contribution in [3.05, 3.63) is 12.2 Å². The molecule has 0 saturated heterocycles. The highest BCUT2D eigenvalue weighted by molar-refractivity contribution is 5.22. The van der Waals surface area contributed by atoms with Crippen LogP contribution in [0.3, 0.4) is 0 Å². The molecule has 0 heterocycles. The monoisotopic (exact) mass is 458 g/mol. The van der Waals surface area contributed by atoms with E-state index in [9.17, 15) is 15.3 Å². The average molecular weight is 459 g/mol. The first kappa shape index (κ1) is 24.3. The maximum absolute atomic E-state index is 11.5. The van der Waals surface area contributed by atoms with Gasteiger partial charge in [-0.15, -0.1) is 0 Å². The van der Waals surface area contributed by atoms with E-state index in [0.29, 0.717) is 42.6 Å². The van der Waals surface area contributed by atoms with Crippen molar-refractivity contribution in [2.45, 2.75) is 112 Å². The van der Waals surface area contributed by atoms with Crippen LogP contribution in [0, 0.1) is 56.7 Å². The molecule has 5 aliphatic rings. The first-order valence-electron chi connectivity index (χ1n) is 13.9. The van der Waals surface area contributed by atoms with Gasteiger partial charge in [-0.1, -0.05) is 46.8 Å². The number of hydrogen-bond donors (Lipinski definition) is 3. The van der Waals surface area contributed by atoms with Gasteiger partial charge in [-0.2, -0.15) is 0 Å². The van der Waals surface area contributed by atoms with Crippen molar-refractivity contribution in [3.8, 4) is 0 Å². The summed E-state index contributed by atoms with van der Waals surface area (Å²) in [4.78, 5) is 0. The fourth-order valence-corrected chi connectivity index (χ4v) is 11.5. The van der Waals surface area contributed by atoms with Crippen LogP contribution in [-0.4, -0.2) is 34.1 Å². The Bertz CT molecular complexity index is 819. The summed E-state index contributed by atoms with van der Waals surface area (Å²) in [6.45, 7) is 19.0. The molecule has 3 N–H and O–H groups in total. The third-order valence-corrected chi connectivity index (χ3v) is 13.7. The van der Waals surface area contributed by atoms with E-state index in [1.54, 1.807) is 0 Å². The Balaban J connectivity index is 1.57. The fraction of sp³-hybridized carbons (Fsp3) is 0.933. The number of aliphatic hydroxyl groups excluding tert-OH is 3. The van der Waals surface area contributed by atoms with Crippen LogP contribution >= 0.6 is 0 Å². The highest BCUT2D eigenvalue weighted by Crippen LogP contribution is 2.77. The first-order chi connectivity index (χ1) is 15.3. The Labute approximate surface area is 202 Å². The van der Waals surface area contributed by atoms with E-state index in [1.807, 2.05) is 0 Å². The third kappa shape index (κ3) is 2.80. The first-order valence-corrected chi connectivity index (χ1v) is 13.9. The summed E-state index contributed by atoms with van der Waals surface area (Å²) in [6, 6.07) is 0. The second-order valence-electron chi connectivity index (χ2n) is 14.7. The van der Waals surface area contributed by atoms with Gasteiger partial charge in [0.25, 0.3) is 0 Å². The van der Waals surface area contributed by atoms with Gasteiger partial charge >= 0.3 is 0 Å². The van der Waals surface area contributed by atoms with Gasteiger partial charge in [-0.25, -0.2) is 0 Å². The molecule has 0 amide bonds. The maximum Gasteiger partial charge on any atom is 0.0624 e. The van der Waals surface area contributed by atoms with E-state index in [-0.39, 0.29) is 27.1 Å². The zero-order valence-electron chi connectivity index (χ0n) is 22.2. The molecule has 0 aromatic rings. The Morgan fingerprint density at radius 3 is 2.15 bits per heavy atom. The molecule has 0 aromatic heterocycles. The standard InChI is InChI=1S/C30H50O3/c1-18(2)19-10-13-30(17-31)15-14-27(5)20(25(19)30)8-9-22-28(27,6)12-11-21-26(3,4)23(32)16-24(33)29(21,22)7/h19-25,31-33H,1,8-17H2,2-7H3/t19-,20+,21-,22-,23+,24+,25+,27+,28+,29-,30+/m0/s1. The van der Waals surface area contributed by atoms with Crippen LogP contribution in [0.25, 0.3) is 0 Å². The molecule has 0 spiro atoms. The van der Waals surface area contributed by atoms with E-state index in [0.717, 1.165) is 19.3 Å². The summed E-state index contributed by atoms with van der Waals surface area (Å²) >= 11 is 0. The van der Waals surface area contributed by atoms with Crippen LogP contribution in [0.2, 0.25) is 0 Å². The molecular weight excluding hydrogens is 408 g/mol. The second kappa shape index (κ2) is 7.32. The lowest BCUT2D eigenvalue weighted by Gasteiger charge is -2.73. The maximum atomic E-state index is 11.5. The Kier molecular flexibility index (Phi) is 5.40. The zero-order valence-corrected chi connectivity index (χ0v) is 22.2.